The van der Waals surface area contributed by atoms with Gasteiger partial charge in [-0.05, 0) is 31.2 Å². The largest absolute Gasteiger partial charge is 0.493 e. The van der Waals surface area contributed by atoms with Crippen LogP contribution in [0.25, 0.3) is 0 Å². The lowest BCUT2D eigenvalue weighted by Crippen LogP contribution is -2.36. The molecule has 5 nitrogen and oxygen atoms in total. The van der Waals surface area contributed by atoms with E-state index in [1.165, 1.54) is 0 Å². The molecule has 0 amide bonds. The molecule has 0 radical (unpaired) electrons. The van der Waals surface area contributed by atoms with E-state index >= 15 is 0 Å². The lowest BCUT2D eigenvalue weighted by molar-refractivity contribution is 0.0980. The summed E-state index contributed by atoms with van der Waals surface area (Å²) in [4.78, 5) is 2.32. The number of benzene rings is 1. The van der Waals surface area contributed by atoms with Crippen molar-refractivity contribution >= 4 is 0 Å². The quantitative estimate of drug-likeness (QED) is 0.670. The zero-order valence-corrected chi connectivity index (χ0v) is 13.6. The van der Waals surface area contributed by atoms with Crippen LogP contribution in [0.3, 0.4) is 0 Å². The molecule has 0 fully saturated rings. The highest BCUT2D eigenvalue weighted by molar-refractivity contribution is 5.43. The molecular formula is C16H28N2O3. The van der Waals surface area contributed by atoms with Gasteiger partial charge in [0.15, 0.2) is 11.5 Å². The Morgan fingerprint density at radius 3 is 2.38 bits per heavy atom. The number of hydrogen-bond acceptors (Lipinski definition) is 5. The monoisotopic (exact) mass is 296 g/mol. The summed E-state index contributed by atoms with van der Waals surface area (Å²) in [6.45, 7) is 7.93. The minimum absolute atomic E-state index is 0.148. The van der Waals surface area contributed by atoms with Gasteiger partial charge in [-0.25, -0.2) is 0 Å². The minimum Gasteiger partial charge on any atom is -0.493 e. The third-order valence-corrected chi connectivity index (χ3v) is 3.59. The van der Waals surface area contributed by atoms with Crippen molar-refractivity contribution in [1.29, 1.82) is 0 Å². The standard InChI is InChI=1S/C16H28N2O3/c1-5-18(9-10-21-6-2)14(12-17)13-7-8-15(19-3)16(11-13)20-4/h7-8,11,14H,5-6,9-10,12,17H2,1-4H3. The Bertz CT molecular complexity index is 413. The molecule has 1 unspecified atom stereocenters. The minimum atomic E-state index is 0.148. The molecule has 0 heterocycles. The molecule has 0 aliphatic heterocycles. The molecule has 0 aromatic heterocycles. The first-order valence-corrected chi connectivity index (χ1v) is 7.45. The van der Waals surface area contributed by atoms with Crippen LogP contribution in [0.2, 0.25) is 0 Å². The number of methoxy groups -OCH3 is 2. The van der Waals surface area contributed by atoms with Gasteiger partial charge in [0.25, 0.3) is 0 Å². The van der Waals surface area contributed by atoms with Gasteiger partial charge in [0.2, 0.25) is 0 Å². The summed E-state index contributed by atoms with van der Waals surface area (Å²) in [6.07, 6.45) is 0. The molecule has 0 aliphatic rings. The van der Waals surface area contributed by atoms with Gasteiger partial charge in [-0.2, -0.15) is 0 Å². The lowest BCUT2D eigenvalue weighted by Gasteiger charge is -2.30. The van der Waals surface area contributed by atoms with E-state index in [9.17, 15) is 0 Å². The molecule has 0 bridgehead atoms. The number of nitrogens with two attached hydrogens (primary N) is 1. The zero-order chi connectivity index (χ0) is 15.7. The van der Waals surface area contributed by atoms with E-state index in [1.807, 2.05) is 25.1 Å². The topological polar surface area (TPSA) is 57.0 Å². The van der Waals surface area contributed by atoms with Crippen LogP contribution in [0.4, 0.5) is 0 Å². The molecule has 21 heavy (non-hydrogen) atoms. The van der Waals surface area contributed by atoms with E-state index in [0.29, 0.717) is 13.2 Å². The zero-order valence-electron chi connectivity index (χ0n) is 13.6. The van der Waals surface area contributed by atoms with Crippen molar-refractivity contribution in [3.63, 3.8) is 0 Å². The predicted molar refractivity (Wildman–Crippen MR) is 85.1 cm³/mol. The first kappa shape index (κ1) is 17.8. The number of hydrogen-bond donors (Lipinski definition) is 1. The molecule has 1 rings (SSSR count). The van der Waals surface area contributed by atoms with E-state index < -0.39 is 0 Å². The van der Waals surface area contributed by atoms with Crippen LogP contribution in [0.5, 0.6) is 11.5 Å². The molecule has 0 saturated heterocycles. The van der Waals surface area contributed by atoms with E-state index in [2.05, 4.69) is 11.8 Å². The summed E-state index contributed by atoms with van der Waals surface area (Å²) in [5.74, 6) is 1.46. The molecule has 0 aliphatic carbocycles. The molecule has 1 aromatic carbocycles. The number of ether oxygens (including phenoxy) is 3. The maximum Gasteiger partial charge on any atom is 0.161 e. The highest BCUT2D eigenvalue weighted by atomic mass is 16.5. The first-order valence-electron chi connectivity index (χ1n) is 7.45. The summed E-state index contributed by atoms with van der Waals surface area (Å²) in [7, 11) is 3.28. The van der Waals surface area contributed by atoms with Gasteiger partial charge in [0, 0.05) is 25.7 Å². The molecule has 1 atom stereocenters. The predicted octanol–water partition coefficient (Wildman–Crippen LogP) is 2.06. The van der Waals surface area contributed by atoms with Crippen molar-refractivity contribution < 1.29 is 14.2 Å². The Balaban J connectivity index is 2.91. The second kappa shape index (κ2) is 9.60. The molecule has 2 N–H and O–H groups in total. The lowest BCUT2D eigenvalue weighted by atomic mass is 10.0. The first-order chi connectivity index (χ1) is 10.2. The van der Waals surface area contributed by atoms with Gasteiger partial charge in [-0.15, -0.1) is 0 Å². The third-order valence-electron chi connectivity index (χ3n) is 3.59. The van der Waals surface area contributed by atoms with Crippen molar-refractivity contribution in [1.82, 2.24) is 4.90 Å². The molecule has 0 spiro atoms. The Kier molecular flexibility index (Phi) is 8.12. The van der Waals surface area contributed by atoms with Crippen LogP contribution >= 0.6 is 0 Å². The van der Waals surface area contributed by atoms with Crippen molar-refractivity contribution in [2.24, 2.45) is 5.73 Å². The fraction of sp³-hybridized carbons (Fsp3) is 0.625. The second-order valence-corrected chi connectivity index (χ2v) is 4.69. The van der Waals surface area contributed by atoms with Crippen molar-refractivity contribution in [2.75, 3.05) is 47.1 Å². The van der Waals surface area contributed by atoms with Gasteiger partial charge >= 0.3 is 0 Å². The Morgan fingerprint density at radius 1 is 1.14 bits per heavy atom. The van der Waals surface area contributed by atoms with Gasteiger partial charge in [0.1, 0.15) is 0 Å². The van der Waals surface area contributed by atoms with Crippen LogP contribution in [0, 0.1) is 0 Å². The maximum atomic E-state index is 5.99. The molecule has 120 valence electrons. The molecule has 0 saturated carbocycles. The van der Waals surface area contributed by atoms with Crippen molar-refractivity contribution in [3.8, 4) is 11.5 Å². The van der Waals surface area contributed by atoms with E-state index in [1.54, 1.807) is 14.2 Å². The average Bonchev–Trinajstić information content (AvgIpc) is 2.53. The fourth-order valence-corrected chi connectivity index (χ4v) is 2.42. The number of rotatable bonds is 10. The van der Waals surface area contributed by atoms with Crippen LogP contribution in [-0.2, 0) is 4.74 Å². The number of nitrogens with zero attached hydrogens (tertiary/aromatic N) is 1. The van der Waals surface area contributed by atoms with E-state index in [4.69, 9.17) is 19.9 Å². The number of likely N-dealkylation sites (N-methyl/N-ethyl adjacent to an activating group) is 1. The highest BCUT2D eigenvalue weighted by Gasteiger charge is 2.19. The van der Waals surface area contributed by atoms with Crippen LogP contribution in [-0.4, -0.2) is 52.0 Å². The summed E-state index contributed by atoms with van der Waals surface area (Å²) in [5, 5.41) is 0. The van der Waals surface area contributed by atoms with Crippen LogP contribution < -0.4 is 15.2 Å². The average molecular weight is 296 g/mol. The summed E-state index contributed by atoms with van der Waals surface area (Å²) >= 11 is 0. The Hall–Kier alpha value is -1.30. The fourth-order valence-electron chi connectivity index (χ4n) is 2.42. The van der Waals surface area contributed by atoms with Crippen LogP contribution in [0.15, 0.2) is 18.2 Å². The van der Waals surface area contributed by atoms with Crippen molar-refractivity contribution in [2.45, 2.75) is 19.9 Å². The van der Waals surface area contributed by atoms with Crippen LogP contribution in [0.1, 0.15) is 25.5 Å². The summed E-state index contributed by atoms with van der Waals surface area (Å²) in [5.41, 5.74) is 7.13. The van der Waals surface area contributed by atoms with E-state index in [-0.39, 0.29) is 6.04 Å². The summed E-state index contributed by atoms with van der Waals surface area (Å²) in [6, 6.07) is 6.12. The van der Waals surface area contributed by atoms with Gasteiger partial charge < -0.3 is 19.9 Å². The smallest absolute Gasteiger partial charge is 0.161 e. The Labute approximate surface area is 128 Å². The summed E-state index contributed by atoms with van der Waals surface area (Å²) < 4.78 is 16.1. The second-order valence-electron chi connectivity index (χ2n) is 4.69. The SMILES string of the molecule is CCOCCN(CC)C(CN)c1ccc(OC)c(OC)c1. The van der Waals surface area contributed by atoms with Crippen molar-refractivity contribution in [3.05, 3.63) is 23.8 Å². The Morgan fingerprint density at radius 2 is 1.86 bits per heavy atom. The third kappa shape index (κ3) is 4.88. The normalized spacial score (nSPS) is 12.5. The van der Waals surface area contributed by atoms with E-state index in [0.717, 1.165) is 36.8 Å². The molecular weight excluding hydrogens is 268 g/mol. The highest BCUT2D eigenvalue weighted by Crippen LogP contribution is 2.31. The maximum absolute atomic E-state index is 5.99. The van der Waals surface area contributed by atoms with Gasteiger partial charge in [-0.1, -0.05) is 13.0 Å². The van der Waals surface area contributed by atoms with Gasteiger partial charge in [-0.3, -0.25) is 4.90 Å². The molecule has 5 heteroatoms. The molecule has 1 aromatic rings. The van der Waals surface area contributed by atoms with Gasteiger partial charge in [0.05, 0.1) is 20.8 Å².